The molecule has 5 heteroatoms. The van der Waals surface area contributed by atoms with Crippen LogP contribution in [-0.4, -0.2) is 31.9 Å². The summed E-state index contributed by atoms with van der Waals surface area (Å²) in [7, 11) is 1.92. The van der Waals surface area contributed by atoms with Gasteiger partial charge in [0.05, 0.1) is 25.5 Å². The molecule has 0 unspecified atom stereocenters. The van der Waals surface area contributed by atoms with Crippen LogP contribution < -0.4 is 5.32 Å². The van der Waals surface area contributed by atoms with E-state index < -0.39 is 0 Å². The van der Waals surface area contributed by atoms with Crippen LogP contribution in [0.2, 0.25) is 0 Å². The van der Waals surface area contributed by atoms with E-state index in [0.717, 1.165) is 30.3 Å². The number of nitrogens with one attached hydrogen (secondary N) is 1. The van der Waals surface area contributed by atoms with E-state index in [0.29, 0.717) is 19.8 Å². The van der Waals surface area contributed by atoms with E-state index in [2.05, 4.69) is 17.2 Å². The maximum atomic E-state index is 5.46. The summed E-state index contributed by atoms with van der Waals surface area (Å²) in [6.07, 6.45) is 1.06. The third kappa shape index (κ3) is 5.55. The first-order valence-corrected chi connectivity index (χ1v) is 6.48. The normalized spacial score (nSPS) is 10.9. The zero-order valence-electron chi connectivity index (χ0n) is 9.99. The Morgan fingerprint density at radius 1 is 1.31 bits per heavy atom. The predicted octanol–water partition coefficient (Wildman–Crippen LogP) is 1.81. The number of ether oxygens (including phenoxy) is 2. The summed E-state index contributed by atoms with van der Waals surface area (Å²) in [6.45, 7) is 5.62. The average molecular weight is 244 g/mol. The lowest BCUT2D eigenvalue weighted by atomic mass is 10.5. The van der Waals surface area contributed by atoms with Gasteiger partial charge in [0.25, 0.3) is 0 Å². The second-order valence-electron chi connectivity index (χ2n) is 3.43. The number of thiazole rings is 1. The lowest BCUT2D eigenvalue weighted by Crippen LogP contribution is -2.06. The molecule has 0 amide bonds. The van der Waals surface area contributed by atoms with Crippen molar-refractivity contribution in [1.29, 1.82) is 0 Å². The molecule has 92 valence electrons. The molecule has 0 saturated heterocycles. The zero-order valence-corrected chi connectivity index (χ0v) is 10.8. The first-order chi connectivity index (χ1) is 7.86. The van der Waals surface area contributed by atoms with Crippen molar-refractivity contribution in [2.75, 3.05) is 26.9 Å². The summed E-state index contributed by atoms with van der Waals surface area (Å²) in [5.41, 5.74) is 1.01. The highest BCUT2D eigenvalue weighted by molar-refractivity contribution is 7.09. The highest BCUT2D eigenvalue weighted by atomic mass is 32.1. The summed E-state index contributed by atoms with van der Waals surface area (Å²) < 4.78 is 10.8. The Bertz CT molecular complexity index is 279. The molecule has 0 atom stereocenters. The number of rotatable bonds is 9. The Kier molecular flexibility index (Phi) is 7.33. The van der Waals surface area contributed by atoms with Gasteiger partial charge >= 0.3 is 0 Å². The Hall–Kier alpha value is -0.490. The van der Waals surface area contributed by atoms with Crippen LogP contribution in [0.25, 0.3) is 0 Å². The molecule has 1 heterocycles. The highest BCUT2D eigenvalue weighted by Crippen LogP contribution is 2.10. The topological polar surface area (TPSA) is 43.4 Å². The zero-order chi connectivity index (χ0) is 11.6. The van der Waals surface area contributed by atoms with Gasteiger partial charge < -0.3 is 14.8 Å². The maximum absolute atomic E-state index is 5.46. The molecule has 0 spiro atoms. The smallest absolute Gasteiger partial charge is 0.107 e. The van der Waals surface area contributed by atoms with Crippen LogP contribution in [0.3, 0.4) is 0 Å². The van der Waals surface area contributed by atoms with E-state index in [4.69, 9.17) is 9.47 Å². The summed E-state index contributed by atoms with van der Waals surface area (Å²) >= 11 is 1.66. The van der Waals surface area contributed by atoms with Crippen LogP contribution in [0.5, 0.6) is 0 Å². The molecule has 0 radical (unpaired) electrons. The van der Waals surface area contributed by atoms with Crippen LogP contribution in [0, 0.1) is 0 Å². The predicted molar refractivity (Wildman–Crippen MR) is 65.6 cm³/mol. The molecular weight excluding hydrogens is 224 g/mol. The van der Waals surface area contributed by atoms with Crippen LogP contribution in [0.15, 0.2) is 5.38 Å². The van der Waals surface area contributed by atoms with Gasteiger partial charge in [-0.25, -0.2) is 4.98 Å². The van der Waals surface area contributed by atoms with Crippen molar-refractivity contribution >= 4 is 11.3 Å². The van der Waals surface area contributed by atoms with E-state index in [1.54, 1.807) is 11.3 Å². The maximum Gasteiger partial charge on any atom is 0.107 e. The largest absolute Gasteiger partial charge is 0.379 e. The highest BCUT2D eigenvalue weighted by Gasteiger charge is 2.00. The molecule has 0 aliphatic rings. The molecule has 1 rings (SSSR count). The monoisotopic (exact) mass is 244 g/mol. The van der Waals surface area contributed by atoms with Crippen LogP contribution >= 0.6 is 11.3 Å². The van der Waals surface area contributed by atoms with Crippen molar-refractivity contribution in [2.24, 2.45) is 0 Å². The number of hydrogen-bond acceptors (Lipinski definition) is 5. The van der Waals surface area contributed by atoms with Gasteiger partial charge in [0, 0.05) is 18.5 Å². The summed E-state index contributed by atoms with van der Waals surface area (Å²) in [5, 5.41) is 6.22. The van der Waals surface area contributed by atoms with Gasteiger partial charge in [-0.3, -0.25) is 0 Å². The fourth-order valence-electron chi connectivity index (χ4n) is 1.19. The molecule has 0 bridgehead atoms. The summed E-state index contributed by atoms with van der Waals surface area (Å²) in [6, 6.07) is 0. The van der Waals surface area contributed by atoms with Gasteiger partial charge in [-0.2, -0.15) is 0 Å². The molecule has 0 saturated carbocycles. The van der Waals surface area contributed by atoms with Gasteiger partial charge in [0.1, 0.15) is 5.01 Å². The SMILES string of the molecule is CCCOCCOCc1csc(CNC)n1. The molecule has 0 fully saturated rings. The van der Waals surface area contributed by atoms with E-state index in [1.165, 1.54) is 0 Å². The van der Waals surface area contributed by atoms with Crippen molar-refractivity contribution in [3.05, 3.63) is 16.1 Å². The van der Waals surface area contributed by atoms with Crippen molar-refractivity contribution in [3.8, 4) is 0 Å². The van der Waals surface area contributed by atoms with Crippen LogP contribution in [0.4, 0.5) is 0 Å². The molecule has 16 heavy (non-hydrogen) atoms. The lowest BCUT2D eigenvalue weighted by Gasteiger charge is -2.02. The molecule has 1 aromatic heterocycles. The van der Waals surface area contributed by atoms with Crippen LogP contribution in [0.1, 0.15) is 24.0 Å². The van der Waals surface area contributed by atoms with Crippen molar-refractivity contribution in [3.63, 3.8) is 0 Å². The van der Waals surface area contributed by atoms with E-state index in [-0.39, 0.29) is 0 Å². The minimum Gasteiger partial charge on any atom is -0.379 e. The van der Waals surface area contributed by atoms with Crippen LogP contribution in [-0.2, 0) is 22.6 Å². The molecule has 1 N–H and O–H groups in total. The minimum absolute atomic E-state index is 0.579. The Balaban J connectivity index is 2.07. The van der Waals surface area contributed by atoms with Gasteiger partial charge in [-0.05, 0) is 13.5 Å². The molecular formula is C11H20N2O2S. The summed E-state index contributed by atoms with van der Waals surface area (Å²) in [4.78, 5) is 4.42. The van der Waals surface area contributed by atoms with E-state index >= 15 is 0 Å². The first-order valence-electron chi connectivity index (χ1n) is 5.60. The Labute approximate surface area is 101 Å². The molecule has 4 nitrogen and oxygen atoms in total. The second-order valence-corrected chi connectivity index (χ2v) is 4.37. The van der Waals surface area contributed by atoms with Crippen molar-refractivity contribution in [1.82, 2.24) is 10.3 Å². The lowest BCUT2D eigenvalue weighted by molar-refractivity contribution is 0.0399. The van der Waals surface area contributed by atoms with E-state index in [9.17, 15) is 0 Å². The summed E-state index contributed by atoms with van der Waals surface area (Å²) in [5.74, 6) is 0. The number of aromatic nitrogens is 1. The van der Waals surface area contributed by atoms with Gasteiger partial charge in [0.2, 0.25) is 0 Å². The van der Waals surface area contributed by atoms with Crippen molar-refractivity contribution < 1.29 is 9.47 Å². The standard InChI is InChI=1S/C11H20N2O2S/c1-3-4-14-5-6-15-8-10-9-16-11(13-10)7-12-2/h9,12H,3-8H2,1-2H3. The Morgan fingerprint density at radius 3 is 2.88 bits per heavy atom. The van der Waals surface area contributed by atoms with Gasteiger partial charge in [-0.1, -0.05) is 6.92 Å². The second kappa shape index (κ2) is 8.64. The molecule has 1 aromatic rings. The van der Waals surface area contributed by atoms with Gasteiger partial charge in [0.15, 0.2) is 0 Å². The quantitative estimate of drug-likeness (QED) is 0.673. The number of nitrogens with zero attached hydrogens (tertiary/aromatic N) is 1. The third-order valence-corrected chi connectivity index (χ3v) is 2.80. The van der Waals surface area contributed by atoms with Gasteiger partial charge in [-0.15, -0.1) is 11.3 Å². The molecule has 0 aromatic carbocycles. The van der Waals surface area contributed by atoms with E-state index in [1.807, 2.05) is 12.4 Å². The third-order valence-electron chi connectivity index (χ3n) is 1.90. The Morgan fingerprint density at radius 2 is 2.12 bits per heavy atom. The minimum atomic E-state index is 0.579. The molecule has 0 aliphatic heterocycles. The molecule has 0 aliphatic carbocycles. The number of hydrogen-bond donors (Lipinski definition) is 1. The first kappa shape index (κ1) is 13.6. The fourth-order valence-corrected chi connectivity index (χ4v) is 1.98. The average Bonchev–Trinajstić information content (AvgIpc) is 2.72. The van der Waals surface area contributed by atoms with Crippen molar-refractivity contribution in [2.45, 2.75) is 26.5 Å². The fraction of sp³-hybridized carbons (Fsp3) is 0.727.